The fourth-order valence-corrected chi connectivity index (χ4v) is 3.70. The van der Waals surface area contributed by atoms with Gasteiger partial charge in [0.1, 0.15) is 0 Å². The molecule has 1 atom stereocenters. The van der Waals surface area contributed by atoms with E-state index in [1.807, 2.05) is 37.3 Å². The third-order valence-corrected chi connectivity index (χ3v) is 5.23. The van der Waals surface area contributed by atoms with Gasteiger partial charge in [0.2, 0.25) is 5.91 Å². The highest BCUT2D eigenvalue weighted by Crippen LogP contribution is 2.39. The molecule has 1 fully saturated rings. The largest absolute Gasteiger partial charge is 0.389 e. The van der Waals surface area contributed by atoms with Gasteiger partial charge >= 0.3 is 0 Å². The molecule has 0 heterocycles. The number of carbonyl (C=O) groups is 1. The van der Waals surface area contributed by atoms with Crippen LogP contribution in [0, 0.1) is 5.41 Å². The van der Waals surface area contributed by atoms with Crippen molar-refractivity contribution in [2.75, 3.05) is 40.3 Å². The number of hydrogen-bond acceptors (Lipinski definition) is 4. The third kappa shape index (κ3) is 8.39. The zero-order valence-electron chi connectivity index (χ0n) is 18.4. The van der Waals surface area contributed by atoms with Gasteiger partial charge < -0.3 is 25.4 Å². The van der Waals surface area contributed by atoms with Gasteiger partial charge in [-0.25, -0.2) is 0 Å². The van der Waals surface area contributed by atoms with E-state index in [-0.39, 0.29) is 36.5 Å². The fraction of sp³-hybridized carbons (Fsp3) is 0.636. The van der Waals surface area contributed by atoms with Crippen LogP contribution in [0.15, 0.2) is 35.3 Å². The van der Waals surface area contributed by atoms with Crippen molar-refractivity contribution in [2.24, 2.45) is 10.4 Å². The zero-order chi connectivity index (χ0) is 21.1. The van der Waals surface area contributed by atoms with E-state index in [2.05, 4.69) is 15.6 Å². The first-order valence-corrected chi connectivity index (χ1v) is 10.5. The lowest BCUT2D eigenvalue weighted by molar-refractivity contribution is -0.138. The number of hydrogen-bond donors (Lipinski definition) is 3. The van der Waals surface area contributed by atoms with E-state index in [0.29, 0.717) is 32.2 Å². The predicted molar refractivity (Wildman–Crippen MR) is 131 cm³/mol. The Labute approximate surface area is 197 Å². The molecule has 1 aliphatic carbocycles. The van der Waals surface area contributed by atoms with Gasteiger partial charge in [-0.05, 0) is 25.3 Å². The maximum absolute atomic E-state index is 12.7. The van der Waals surface area contributed by atoms with E-state index in [1.54, 1.807) is 19.0 Å². The topological polar surface area (TPSA) is 86.2 Å². The molecular formula is C22H37IN4O3. The highest BCUT2D eigenvalue weighted by atomic mass is 127. The normalized spacial score (nSPS) is 16.5. The Morgan fingerprint density at radius 3 is 2.50 bits per heavy atom. The number of rotatable bonds is 10. The van der Waals surface area contributed by atoms with E-state index in [0.717, 1.165) is 31.2 Å². The summed E-state index contributed by atoms with van der Waals surface area (Å²) in [6, 6.07) is 9.89. The van der Waals surface area contributed by atoms with E-state index in [9.17, 15) is 9.90 Å². The van der Waals surface area contributed by atoms with Gasteiger partial charge in [0.25, 0.3) is 0 Å². The van der Waals surface area contributed by atoms with Crippen LogP contribution in [-0.2, 0) is 16.1 Å². The maximum Gasteiger partial charge on any atom is 0.230 e. The summed E-state index contributed by atoms with van der Waals surface area (Å²) in [5.41, 5.74) is 0.679. The van der Waals surface area contributed by atoms with E-state index in [1.165, 1.54) is 0 Å². The number of carbonyl (C=O) groups excluding carboxylic acids is 1. The number of aliphatic imine (C=N–C) groups is 1. The Bertz CT molecular complexity index is 649. The molecule has 0 bridgehead atoms. The summed E-state index contributed by atoms with van der Waals surface area (Å²) >= 11 is 0. The van der Waals surface area contributed by atoms with Gasteiger partial charge in [0, 0.05) is 27.2 Å². The first-order chi connectivity index (χ1) is 14.0. The lowest BCUT2D eigenvalue weighted by atomic mass is 9.85. The molecule has 0 saturated heterocycles. The van der Waals surface area contributed by atoms with Crippen LogP contribution in [0.4, 0.5) is 0 Å². The summed E-state index contributed by atoms with van der Waals surface area (Å²) in [6.45, 7) is 4.20. The summed E-state index contributed by atoms with van der Waals surface area (Å²) < 4.78 is 5.59. The summed E-state index contributed by atoms with van der Waals surface area (Å²) in [5, 5.41) is 16.6. The Kier molecular flexibility index (Phi) is 12.3. The first-order valence-electron chi connectivity index (χ1n) is 10.5. The Morgan fingerprint density at radius 1 is 1.23 bits per heavy atom. The highest BCUT2D eigenvalue weighted by molar-refractivity contribution is 14.0. The van der Waals surface area contributed by atoms with Crippen LogP contribution in [0.25, 0.3) is 0 Å². The van der Waals surface area contributed by atoms with Crippen LogP contribution >= 0.6 is 24.0 Å². The minimum absolute atomic E-state index is 0. The average molecular weight is 532 g/mol. The van der Waals surface area contributed by atoms with Crippen molar-refractivity contribution >= 4 is 35.8 Å². The lowest BCUT2D eigenvalue weighted by Gasteiger charge is -2.29. The summed E-state index contributed by atoms with van der Waals surface area (Å²) in [6.07, 6.45) is 3.24. The minimum atomic E-state index is -0.647. The van der Waals surface area contributed by atoms with E-state index >= 15 is 0 Å². The monoisotopic (exact) mass is 532 g/mol. The fourth-order valence-electron chi connectivity index (χ4n) is 3.70. The molecule has 3 N–H and O–H groups in total. The van der Waals surface area contributed by atoms with Crippen LogP contribution < -0.4 is 10.6 Å². The second-order valence-corrected chi connectivity index (χ2v) is 7.92. The summed E-state index contributed by atoms with van der Waals surface area (Å²) in [7, 11) is 3.61. The van der Waals surface area contributed by atoms with Gasteiger partial charge in [-0.15, -0.1) is 24.0 Å². The number of aliphatic hydroxyl groups excluding tert-OH is 1. The number of nitrogens with one attached hydrogen (secondary N) is 2. The van der Waals surface area contributed by atoms with Crippen molar-refractivity contribution in [3.05, 3.63) is 35.9 Å². The number of halogens is 1. The molecule has 30 heavy (non-hydrogen) atoms. The van der Waals surface area contributed by atoms with Crippen LogP contribution in [0.5, 0.6) is 0 Å². The quantitative estimate of drug-likeness (QED) is 0.245. The molecule has 1 aromatic carbocycles. The Morgan fingerprint density at radius 2 is 1.90 bits per heavy atom. The van der Waals surface area contributed by atoms with Crippen molar-refractivity contribution < 1.29 is 14.6 Å². The van der Waals surface area contributed by atoms with Gasteiger partial charge in [0.15, 0.2) is 5.96 Å². The maximum atomic E-state index is 12.7. The third-order valence-electron chi connectivity index (χ3n) is 5.23. The number of aliphatic hydroxyl groups is 1. The molecule has 7 nitrogen and oxygen atoms in total. The predicted octanol–water partition coefficient (Wildman–Crippen LogP) is 2.39. The molecule has 170 valence electrons. The highest BCUT2D eigenvalue weighted by Gasteiger charge is 2.42. The minimum Gasteiger partial charge on any atom is -0.389 e. The molecule has 0 spiro atoms. The molecule has 0 radical (unpaired) electrons. The molecule has 0 aromatic heterocycles. The second kappa shape index (κ2) is 13.8. The standard InChI is InChI=1S/C22H36N4O3.HI/c1-4-23-21(25-17-22(12-8-9-13-22)20(28)26(2)3)24-14-19(27)16-29-15-18-10-6-5-7-11-18;/h5-7,10-11,19,27H,4,8-9,12-17H2,1-3H3,(H2,23,24,25);1H. The Balaban J connectivity index is 0.00000450. The summed E-state index contributed by atoms with van der Waals surface area (Å²) in [4.78, 5) is 19.0. The number of guanidine groups is 1. The number of ether oxygens (including phenoxy) is 1. The molecule has 1 unspecified atom stereocenters. The molecule has 1 saturated carbocycles. The van der Waals surface area contributed by atoms with E-state index < -0.39 is 11.5 Å². The van der Waals surface area contributed by atoms with Gasteiger partial charge in [-0.2, -0.15) is 0 Å². The number of nitrogens with zero attached hydrogens (tertiary/aromatic N) is 2. The molecule has 1 amide bonds. The van der Waals surface area contributed by atoms with Gasteiger partial charge in [0.05, 0.1) is 31.3 Å². The molecule has 0 aliphatic heterocycles. The first kappa shape index (κ1) is 26.6. The number of benzene rings is 1. The van der Waals surface area contributed by atoms with Crippen molar-refractivity contribution in [2.45, 2.75) is 45.3 Å². The zero-order valence-corrected chi connectivity index (χ0v) is 20.7. The van der Waals surface area contributed by atoms with Crippen molar-refractivity contribution in [3.8, 4) is 0 Å². The van der Waals surface area contributed by atoms with Gasteiger partial charge in [-0.3, -0.25) is 9.79 Å². The van der Waals surface area contributed by atoms with Crippen LogP contribution in [0.3, 0.4) is 0 Å². The van der Waals surface area contributed by atoms with Crippen molar-refractivity contribution in [1.82, 2.24) is 15.5 Å². The summed E-state index contributed by atoms with van der Waals surface area (Å²) in [5.74, 6) is 0.774. The van der Waals surface area contributed by atoms with Crippen LogP contribution in [-0.4, -0.2) is 68.3 Å². The molecule has 8 heteroatoms. The van der Waals surface area contributed by atoms with Crippen molar-refractivity contribution in [1.29, 1.82) is 0 Å². The molecule has 1 aromatic rings. The molecular weight excluding hydrogens is 495 g/mol. The average Bonchev–Trinajstić information content (AvgIpc) is 3.20. The van der Waals surface area contributed by atoms with Crippen LogP contribution in [0.2, 0.25) is 0 Å². The smallest absolute Gasteiger partial charge is 0.230 e. The van der Waals surface area contributed by atoms with Crippen LogP contribution in [0.1, 0.15) is 38.2 Å². The van der Waals surface area contributed by atoms with Gasteiger partial charge in [-0.1, -0.05) is 43.2 Å². The van der Waals surface area contributed by atoms with Crippen molar-refractivity contribution in [3.63, 3.8) is 0 Å². The lowest BCUT2D eigenvalue weighted by Crippen LogP contribution is -2.44. The number of amides is 1. The molecule has 1 aliphatic rings. The Hall–Kier alpha value is -1.39. The SMILES string of the molecule is CCNC(=NCC1(C(=O)N(C)C)CCCC1)NCC(O)COCc1ccccc1.I. The molecule has 2 rings (SSSR count). The second-order valence-electron chi connectivity index (χ2n) is 7.92. The van der Waals surface area contributed by atoms with E-state index in [4.69, 9.17) is 4.74 Å².